The number of nitrogens with zero attached hydrogens (tertiary/aromatic N) is 4. The number of nitrogen functional groups attached to an aromatic ring is 1. The molecule has 0 saturated carbocycles. The minimum atomic E-state index is 0.621. The van der Waals surface area contributed by atoms with Crippen LogP contribution in [0, 0.1) is 13.8 Å². The smallest absolute Gasteiger partial charge is 0.210 e. The molecule has 0 fully saturated rings. The third-order valence-electron chi connectivity index (χ3n) is 3.52. The molecule has 2 N–H and O–H groups in total. The van der Waals surface area contributed by atoms with Gasteiger partial charge in [-0.2, -0.15) is 0 Å². The van der Waals surface area contributed by atoms with Crippen molar-refractivity contribution in [3.05, 3.63) is 59.4 Å². The van der Waals surface area contributed by atoms with E-state index in [-0.39, 0.29) is 0 Å². The van der Waals surface area contributed by atoms with Crippen LogP contribution >= 0.6 is 11.8 Å². The largest absolute Gasteiger partial charge is 0.335 e. The molecule has 0 aliphatic carbocycles. The van der Waals surface area contributed by atoms with Crippen LogP contribution in [0.3, 0.4) is 0 Å². The Bertz CT molecular complexity index is 782. The van der Waals surface area contributed by atoms with E-state index in [4.69, 9.17) is 5.84 Å². The maximum Gasteiger partial charge on any atom is 0.210 e. The molecule has 3 aromatic rings. The molecular formula is C16H17N5S. The van der Waals surface area contributed by atoms with Gasteiger partial charge in [-0.25, -0.2) is 4.68 Å². The molecule has 0 saturated heterocycles. The average Bonchev–Trinajstić information content (AvgIpc) is 2.90. The molecule has 0 atom stereocenters. The Kier molecular flexibility index (Phi) is 4.11. The minimum Gasteiger partial charge on any atom is -0.335 e. The highest BCUT2D eigenvalue weighted by atomic mass is 32.2. The van der Waals surface area contributed by atoms with E-state index < -0.39 is 0 Å². The summed E-state index contributed by atoms with van der Waals surface area (Å²) < 4.78 is 1.52. The Morgan fingerprint density at radius 1 is 1.14 bits per heavy atom. The molecule has 0 aliphatic heterocycles. The van der Waals surface area contributed by atoms with Crippen LogP contribution in [0.25, 0.3) is 11.4 Å². The summed E-state index contributed by atoms with van der Waals surface area (Å²) >= 11 is 1.57. The van der Waals surface area contributed by atoms with E-state index in [2.05, 4.69) is 47.2 Å². The quantitative estimate of drug-likeness (QED) is 0.592. The number of aromatic nitrogens is 4. The fourth-order valence-electron chi connectivity index (χ4n) is 2.11. The molecule has 6 heteroatoms. The van der Waals surface area contributed by atoms with Gasteiger partial charge in [0.15, 0.2) is 5.82 Å². The molecule has 0 bridgehead atoms. The van der Waals surface area contributed by atoms with Gasteiger partial charge in [-0.05, 0) is 42.7 Å². The van der Waals surface area contributed by atoms with E-state index in [9.17, 15) is 0 Å². The first-order valence-electron chi connectivity index (χ1n) is 6.95. The Hall–Kier alpha value is -2.34. The topological polar surface area (TPSA) is 69.6 Å². The first-order valence-corrected chi connectivity index (χ1v) is 7.93. The fraction of sp³-hybridized carbons (Fsp3) is 0.188. The van der Waals surface area contributed by atoms with Crippen LogP contribution in [0.1, 0.15) is 16.7 Å². The van der Waals surface area contributed by atoms with E-state index in [1.807, 2.05) is 12.1 Å². The van der Waals surface area contributed by atoms with Crippen LogP contribution in [-0.2, 0) is 5.75 Å². The summed E-state index contributed by atoms with van der Waals surface area (Å²) in [6, 6.07) is 10.2. The van der Waals surface area contributed by atoms with Crippen molar-refractivity contribution in [3.8, 4) is 11.4 Å². The predicted molar refractivity (Wildman–Crippen MR) is 88.9 cm³/mol. The third-order valence-corrected chi connectivity index (χ3v) is 4.54. The normalized spacial score (nSPS) is 10.8. The second-order valence-corrected chi connectivity index (χ2v) is 6.07. The molecule has 0 amide bonds. The second-order valence-electron chi connectivity index (χ2n) is 5.13. The Labute approximate surface area is 133 Å². The van der Waals surface area contributed by atoms with Crippen molar-refractivity contribution in [3.63, 3.8) is 0 Å². The first kappa shape index (κ1) is 14.6. The van der Waals surface area contributed by atoms with E-state index >= 15 is 0 Å². The summed E-state index contributed by atoms with van der Waals surface area (Å²) in [6.07, 6.45) is 3.45. The van der Waals surface area contributed by atoms with Crippen molar-refractivity contribution >= 4 is 11.8 Å². The number of hydrogen-bond donors (Lipinski definition) is 1. The molecule has 2 aromatic heterocycles. The van der Waals surface area contributed by atoms with Gasteiger partial charge in [0.25, 0.3) is 0 Å². The molecule has 1 aromatic carbocycles. The molecule has 5 nitrogen and oxygen atoms in total. The number of thioether (sulfide) groups is 1. The van der Waals surface area contributed by atoms with Crippen LogP contribution in [0.15, 0.2) is 47.9 Å². The maximum atomic E-state index is 6.10. The molecule has 2 heterocycles. The van der Waals surface area contributed by atoms with E-state index in [1.165, 1.54) is 21.4 Å². The first-order chi connectivity index (χ1) is 10.6. The van der Waals surface area contributed by atoms with Crippen molar-refractivity contribution in [2.24, 2.45) is 0 Å². The van der Waals surface area contributed by atoms with E-state index in [0.717, 1.165) is 11.3 Å². The van der Waals surface area contributed by atoms with Crippen molar-refractivity contribution in [2.45, 2.75) is 24.8 Å². The highest BCUT2D eigenvalue weighted by Crippen LogP contribution is 2.24. The Morgan fingerprint density at radius 3 is 2.73 bits per heavy atom. The number of aryl methyl sites for hydroxylation is 2. The summed E-state index contributed by atoms with van der Waals surface area (Å²) in [5, 5.41) is 9.02. The van der Waals surface area contributed by atoms with Crippen LogP contribution < -0.4 is 5.84 Å². The summed E-state index contributed by atoms with van der Waals surface area (Å²) in [7, 11) is 0. The summed E-state index contributed by atoms with van der Waals surface area (Å²) in [5.74, 6) is 7.53. The lowest BCUT2D eigenvalue weighted by molar-refractivity contribution is 0.849. The molecule has 22 heavy (non-hydrogen) atoms. The van der Waals surface area contributed by atoms with Gasteiger partial charge in [0.1, 0.15) is 0 Å². The maximum absolute atomic E-state index is 6.10. The van der Waals surface area contributed by atoms with Gasteiger partial charge < -0.3 is 5.84 Å². The molecule has 0 aliphatic rings. The number of benzene rings is 1. The van der Waals surface area contributed by atoms with Gasteiger partial charge in [-0.15, -0.1) is 10.2 Å². The summed E-state index contributed by atoms with van der Waals surface area (Å²) in [4.78, 5) is 4.08. The second kappa shape index (κ2) is 6.19. The molecule has 0 spiro atoms. The number of nitrogens with two attached hydrogens (primary N) is 1. The number of rotatable bonds is 4. The van der Waals surface area contributed by atoms with Gasteiger partial charge in [-0.3, -0.25) is 4.98 Å². The van der Waals surface area contributed by atoms with Crippen molar-refractivity contribution in [1.29, 1.82) is 0 Å². The Balaban J connectivity index is 1.76. The highest BCUT2D eigenvalue weighted by Gasteiger charge is 2.12. The zero-order valence-electron chi connectivity index (χ0n) is 12.5. The molecule has 0 unspecified atom stereocenters. The average molecular weight is 311 g/mol. The predicted octanol–water partition coefficient (Wildman–Crippen LogP) is 2.96. The minimum absolute atomic E-state index is 0.621. The van der Waals surface area contributed by atoms with Crippen molar-refractivity contribution in [1.82, 2.24) is 19.9 Å². The number of pyridine rings is 1. The van der Waals surface area contributed by atoms with Gasteiger partial charge in [0.05, 0.1) is 0 Å². The van der Waals surface area contributed by atoms with Crippen molar-refractivity contribution < 1.29 is 0 Å². The zero-order chi connectivity index (χ0) is 15.5. The van der Waals surface area contributed by atoms with Gasteiger partial charge in [0, 0.05) is 23.7 Å². The number of hydrogen-bond acceptors (Lipinski definition) is 5. The lowest BCUT2D eigenvalue weighted by Gasteiger charge is -2.05. The third kappa shape index (κ3) is 2.96. The van der Waals surface area contributed by atoms with Crippen molar-refractivity contribution in [2.75, 3.05) is 5.84 Å². The molecule has 3 rings (SSSR count). The van der Waals surface area contributed by atoms with Crippen LogP contribution in [0.2, 0.25) is 0 Å². The van der Waals surface area contributed by atoms with Crippen LogP contribution in [0.5, 0.6) is 0 Å². The van der Waals surface area contributed by atoms with Crippen LogP contribution in [0.4, 0.5) is 0 Å². The summed E-state index contributed by atoms with van der Waals surface area (Å²) in [6.45, 7) is 4.23. The van der Waals surface area contributed by atoms with E-state index in [0.29, 0.717) is 11.0 Å². The fourth-order valence-corrected chi connectivity index (χ4v) is 2.91. The zero-order valence-corrected chi connectivity index (χ0v) is 13.3. The molecular weight excluding hydrogens is 294 g/mol. The molecule has 0 radical (unpaired) electrons. The SMILES string of the molecule is Cc1ccc(CSc2nnc(-c3cccnc3)n2N)cc1C. The van der Waals surface area contributed by atoms with Gasteiger partial charge >= 0.3 is 0 Å². The lowest BCUT2D eigenvalue weighted by atomic mass is 10.1. The van der Waals surface area contributed by atoms with Gasteiger partial charge in [0.2, 0.25) is 5.16 Å². The standard InChI is InChI=1S/C16H17N5S/c1-11-5-6-13(8-12(11)2)10-22-16-20-19-15(21(16)17)14-4-3-7-18-9-14/h3-9H,10,17H2,1-2H3. The summed E-state index contributed by atoms with van der Waals surface area (Å²) in [5.41, 5.74) is 4.70. The lowest BCUT2D eigenvalue weighted by Crippen LogP contribution is -2.11. The highest BCUT2D eigenvalue weighted by molar-refractivity contribution is 7.98. The Morgan fingerprint density at radius 2 is 2.00 bits per heavy atom. The van der Waals surface area contributed by atoms with E-state index in [1.54, 1.807) is 24.2 Å². The van der Waals surface area contributed by atoms with Crippen LogP contribution in [-0.4, -0.2) is 19.9 Å². The monoisotopic (exact) mass is 311 g/mol. The van der Waals surface area contributed by atoms with Gasteiger partial charge in [-0.1, -0.05) is 30.0 Å². The molecule has 112 valence electrons.